The van der Waals surface area contributed by atoms with E-state index in [-0.39, 0.29) is 69.1 Å². The van der Waals surface area contributed by atoms with E-state index in [4.69, 9.17) is 6.42 Å². The summed E-state index contributed by atoms with van der Waals surface area (Å²) < 4.78 is 0. The van der Waals surface area contributed by atoms with Gasteiger partial charge in [-0.05, 0) is 0 Å². The second-order valence-corrected chi connectivity index (χ2v) is 2.25. The first kappa shape index (κ1) is 16.4. The maximum atomic E-state index is 10.8. The Bertz CT molecular complexity index is 405. The molecule has 0 spiro atoms. The van der Waals surface area contributed by atoms with Crippen molar-refractivity contribution in [2.45, 2.75) is 0 Å². The molecule has 0 aliphatic carbocycles. The summed E-state index contributed by atoms with van der Waals surface area (Å²) in [6.45, 7) is 3.65. The van der Waals surface area contributed by atoms with Gasteiger partial charge in [0.2, 0.25) is 0 Å². The second kappa shape index (κ2) is 8.28. The maximum absolute atomic E-state index is 10.8. The van der Waals surface area contributed by atoms with Gasteiger partial charge in [0, 0.05) is 5.57 Å². The number of rotatable bonds is 1. The second-order valence-electron chi connectivity index (χ2n) is 2.25. The average molecular weight is 258 g/mol. The summed E-state index contributed by atoms with van der Waals surface area (Å²) in [5.41, 5.74) is 1.18. The Morgan fingerprint density at radius 3 is 2.64 bits per heavy atom. The van der Waals surface area contributed by atoms with Crippen molar-refractivity contribution in [1.29, 1.82) is 0 Å². The van der Waals surface area contributed by atoms with Gasteiger partial charge in [0.1, 0.15) is 0 Å². The van der Waals surface area contributed by atoms with Crippen LogP contribution in [0.3, 0.4) is 0 Å². The van der Waals surface area contributed by atoms with E-state index in [1.807, 2.05) is 0 Å². The summed E-state index contributed by atoms with van der Waals surface area (Å²) in [5, 5.41) is 0. The molecule has 0 fully saturated rings. The zero-order chi connectivity index (χ0) is 8.97. The topological polar surface area (TPSA) is 47.1 Å². The first-order valence-electron chi connectivity index (χ1n) is 3.42. The Labute approximate surface area is 132 Å². The zero-order valence-corrected chi connectivity index (χ0v) is 12.9. The van der Waals surface area contributed by atoms with Crippen LogP contribution in [0.4, 0.5) is 0 Å². The van der Waals surface area contributed by atoms with E-state index in [1.165, 1.54) is 6.07 Å². The quantitative estimate of drug-likeness (QED) is 0.446. The molecule has 0 bridgehead atoms. The number of allylic oxidation sites excluding steroid dienone is 1. The average Bonchev–Trinajstić information content (AvgIpc) is 2.29. The molecule has 1 aromatic carbocycles. The molecular weight excluding hydrogens is 250 g/mol. The summed E-state index contributed by atoms with van der Waals surface area (Å²) in [4.78, 5) is 10.8. The predicted molar refractivity (Wildman–Crippen MR) is 51.4 cm³/mol. The molecule has 3 heteroatoms. The SMILES string of the molecule is C#CC(=C)c1cc[c-]c(=O)cc1.[OH-].[Rb+]. The molecule has 0 saturated carbocycles. The van der Waals surface area contributed by atoms with Crippen LogP contribution >= 0.6 is 0 Å². The first-order chi connectivity index (χ1) is 5.74. The van der Waals surface area contributed by atoms with Gasteiger partial charge >= 0.3 is 58.2 Å². The van der Waals surface area contributed by atoms with Gasteiger partial charge in [-0.3, -0.25) is 0 Å². The number of hydrogen-bond donors (Lipinski definition) is 0. The fourth-order valence-corrected chi connectivity index (χ4v) is 0.767. The molecule has 0 unspecified atom stereocenters. The third kappa shape index (κ3) is 4.99. The van der Waals surface area contributed by atoms with Crippen molar-refractivity contribution < 1.29 is 63.7 Å². The van der Waals surface area contributed by atoms with E-state index < -0.39 is 0 Å². The van der Waals surface area contributed by atoms with E-state index in [0.29, 0.717) is 5.57 Å². The minimum Gasteiger partial charge on any atom is -0.870 e. The molecule has 1 rings (SSSR count). The van der Waals surface area contributed by atoms with Crippen LogP contribution in [0.2, 0.25) is 0 Å². The molecule has 2 nitrogen and oxygen atoms in total. The fourth-order valence-electron chi connectivity index (χ4n) is 0.767. The predicted octanol–water partition coefficient (Wildman–Crippen LogP) is -1.68. The fraction of sp³-hybridized carbons (Fsp3) is 0. The Morgan fingerprint density at radius 1 is 1.43 bits per heavy atom. The normalized spacial score (nSPS) is 7.36. The van der Waals surface area contributed by atoms with Gasteiger partial charge in [-0.15, -0.1) is 24.6 Å². The molecule has 0 aliphatic rings. The van der Waals surface area contributed by atoms with Crippen LogP contribution in [0.1, 0.15) is 5.56 Å². The molecule has 0 aliphatic heterocycles. The van der Waals surface area contributed by atoms with Crippen LogP contribution in [0.5, 0.6) is 0 Å². The molecule has 0 atom stereocenters. The molecule has 1 aromatic rings. The Hall–Kier alpha value is -0.0448. The Morgan fingerprint density at radius 2 is 2.07 bits per heavy atom. The third-order valence-electron chi connectivity index (χ3n) is 1.43. The minimum atomic E-state index is -0.161. The molecule has 0 heterocycles. The first-order valence-corrected chi connectivity index (χ1v) is 3.42. The van der Waals surface area contributed by atoms with Crippen molar-refractivity contribution in [3.05, 3.63) is 52.7 Å². The monoisotopic (exact) mass is 257 g/mol. The Kier molecular flexibility index (Phi) is 9.69. The van der Waals surface area contributed by atoms with Crippen LogP contribution in [-0.2, 0) is 0 Å². The van der Waals surface area contributed by atoms with E-state index in [1.54, 1.807) is 18.2 Å². The van der Waals surface area contributed by atoms with E-state index >= 15 is 0 Å². The number of hydrogen-bond acceptors (Lipinski definition) is 2. The van der Waals surface area contributed by atoms with Gasteiger partial charge < -0.3 is 10.3 Å². The maximum Gasteiger partial charge on any atom is 1.00 e. The van der Waals surface area contributed by atoms with Crippen LogP contribution in [0.25, 0.3) is 5.57 Å². The van der Waals surface area contributed by atoms with E-state index in [9.17, 15) is 4.79 Å². The van der Waals surface area contributed by atoms with Gasteiger partial charge in [-0.25, -0.2) is 0 Å². The summed E-state index contributed by atoms with van der Waals surface area (Å²) in [5.74, 6) is 2.40. The summed E-state index contributed by atoms with van der Waals surface area (Å²) >= 11 is 0. The van der Waals surface area contributed by atoms with Gasteiger partial charge in [-0.2, -0.15) is 12.1 Å². The van der Waals surface area contributed by atoms with Crippen molar-refractivity contribution in [1.82, 2.24) is 0 Å². The Balaban J connectivity index is 0. The molecule has 66 valence electrons. The zero-order valence-electron chi connectivity index (χ0n) is 7.95. The van der Waals surface area contributed by atoms with Gasteiger partial charge in [0.15, 0.2) is 0 Å². The molecule has 14 heavy (non-hydrogen) atoms. The van der Waals surface area contributed by atoms with Crippen LogP contribution in [-0.4, -0.2) is 5.48 Å². The summed E-state index contributed by atoms with van der Waals surface area (Å²) in [6.07, 6.45) is 5.15. The van der Waals surface area contributed by atoms with Crippen molar-refractivity contribution in [3.8, 4) is 12.3 Å². The molecule has 0 aromatic heterocycles. The third-order valence-corrected chi connectivity index (χ3v) is 1.43. The van der Waals surface area contributed by atoms with Crippen molar-refractivity contribution in [3.63, 3.8) is 0 Å². The van der Waals surface area contributed by atoms with Crippen LogP contribution < -0.4 is 63.6 Å². The molecule has 0 saturated heterocycles. The molecule has 0 amide bonds. The van der Waals surface area contributed by atoms with E-state index in [0.717, 1.165) is 5.56 Å². The van der Waals surface area contributed by atoms with Crippen molar-refractivity contribution in [2.24, 2.45) is 0 Å². The van der Waals surface area contributed by atoms with Gasteiger partial charge in [0.05, 0.1) is 5.43 Å². The standard InChI is InChI=1S/C11H7O.H2O.Rb/c1-3-9(2)10-5-4-6-11(12)8-7-10;;/h1,4-5,7-8H,2H2;1H2;/q-1;;+1/p-1. The summed E-state index contributed by atoms with van der Waals surface area (Å²) in [7, 11) is 0. The smallest absolute Gasteiger partial charge is 0.870 e. The largest absolute Gasteiger partial charge is 1.00 e. The van der Waals surface area contributed by atoms with Gasteiger partial charge in [0.25, 0.3) is 0 Å². The van der Waals surface area contributed by atoms with Crippen LogP contribution in [0.15, 0.2) is 35.6 Å². The van der Waals surface area contributed by atoms with E-state index in [2.05, 4.69) is 18.6 Å². The van der Waals surface area contributed by atoms with Crippen LogP contribution in [0, 0.1) is 18.4 Å². The van der Waals surface area contributed by atoms with Gasteiger partial charge in [-0.1, -0.05) is 18.1 Å². The molecular formula is C11H8O2Rb-. The number of terminal acetylenes is 1. The summed E-state index contributed by atoms with van der Waals surface area (Å²) in [6, 6.07) is 8.82. The minimum absolute atomic E-state index is 0. The molecule has 1 N–H and O–H groups in total. The van der Waals surface area contributed by atoms with Crippen molar-refractivity contribution >= 4 is 5.57 Å². The molecule has 0 radical (unpaired) electrons. The van der Waals surface area contributed by atoms with Crippen molar-refractivity contribution in [2.75, 3.05) is 0 Å².